The third-order valence-corrected chi connectivity index (χ3v) is 1.15. The highest BCUT2D eigenvalue weighted by Crippen LogP contribution is 2.02. The Labute approximate surface area is 48.1 Å². The second-order valence-electron chi connectivity index (χ2n) is 1.38. The van der Waals surface area contributed by atoms with E-state index in [0.29, 0.717) is 6.61 Å². The molecule has 0 aliphatic carbocycles. The van der Waals surface area contributed by atoms with Gasteiger partial charge in [-0.05, 0) is 11.8 Å². The number of ether oxygens (including phenoxy) is 1. The highest BCUT2D eigenvalue weighted by atomic mass is 35.5. The van der Waals surface area contributed by atoms with Crippen LogP contribution in [0.25, 0.3) is 0 Å². The van der Waals surface area contributed by atoms with E-state index in [9.17, 15) is 0 Å². The van der Waals surface area contributed by atoms with E-state index in [-0.39, 0.29) is 0 Å². The summed E-state index contributed by atoms with van der Waals surface area (Å²) in [4.78, 5) is 0. The lowest BCUT2D eigenvalue weighted by atomic mass is 10.5. The molecule has 1 aliphatic heterocycles. The van der Waals surface area contributed by atoms with E-state index < -0.39 is 0 Å². The van der Waals surface area contributed by atoms with Gasteiger partial charge in [-0.15, -0.1) is 0 Å². The van der Waals surface area contributed by atoms with Crippen LogP contribution in [0.15, 0.2) is 0 Å². The van der Waals surface area contributed by atoms with Gasteiger partial charge < -0.3 is 4.74 Å². The Balaban J connectivity index is 2.12. The number of nitrogens with zero attached hydrogens (tertiary/aromatic N) is 1. The standard InChI is InChI=1S/C4H7ClNO/c5-6-1-3-7-4-2-6/h1H,2-4H2. The lowest BCUT2D eigenvalue weighted by Crippen LogP contribution is -2.24. The molecule has 1 rings (SSSR count). The average molecular weight is 121 g/mol. The molecule has 0 bridgehead atoms. The lowest BCUT2D eigenvalue weighted by molar-refractivity contribution is 0.0997. The molecule has 0 aromatic heterocycles. The van der Waals surface area contributed by atoms with E-state index >= 15 is 0 Å². The fraction of sp³-hybridized carbons (Fsp3) is 0.750. The average Bonchev–Trinajstić information content (AvgIpc) is 1.69. The molecular weight excluding hydrogens is 114 g/mol. The maximum atomic E-state index is 5.51. The van der Waals surface area contributed by atoms with E-state index in [2.05, 4.69) is 0 Å². The number of hydrogen-bond acceptors (Lipinski definition) is 2. The molecule has 0 N–H and O–H groups in total. The molecule has 0 spiro atoms. The first-order valence-electron chi connectivity index (χ1n) is 2.23. The van der Waals surface area contributed by atoms with Crippen molar-refractivity contribution in [3.63, 3.8) is 0 Å². The predicted molar refractivity (Wildman–Crippen MR) is 27.7 cm³/mol. The van der Waals surface area contributed by atoms with Crippen LogP contribution in [0, 0.1) is 6.54 Å². The molecule has 0 amide bonds. The topological polar surface area (TPSA) is 12.5 Å². The number of rotatable bonds is 0. The van der Waals surface area contributed by atoms with Crippen molar-refractivity contribution >= 4 is 11.8 Å². The van der Waals surface area contributed by atoms with Crippen molar-refractivity contribution in [1.82, 2.24) is 4.42 Å². The highest BCUT2D eigenvalue weighted by Gasteiger charge is 2.05. The maximum Gasteiger partial charge on any atom is 0.0677 e. The third kappa shape index (κ3) is 1.63. The number of halogens is 1. The van der Waals surface area contributed by atoms with Crippen LogP contribution in [0.1, 0.15) is 0 Å². The summed E-state index contributed by atoms with van der Waals surface area (Å²) in [5, 5.41) is 0. The molecule has 1 heterocycles. The molecule has 2 nitrogen and oxygen atoms in total. The van der Waals surface area contributed by atoms with Crippen molar-refractivity contribution in [3.8, 4) is 0 Å². The van der Waals surface area contributed by atoms with Crippen LogP contribution in [0.5, 0.6) is 0 Å². The van der Waals surface area contributed by atoms with Crippen LogP contribution in [-0.2, 0) is 4.74 Å². The Morgan fingerprint density at radius 1 is 1.71 bits per heavy atom. The SMILES string of the molecule is ClN1[CH]COCC1. The van der Waals surface area contributed by atoms with Crippen LogP contribution in [0.3, 0.4) is 0 Å². The molecule has 0 aromatic rings. The van der Waals surface area contributed by atoms with Gasteiger partial charge in [0.15, 0.2) is 0 Å². The van der Waals surface area contributed by atoms with Gasteiger partial charge in [-0.25, -0.2) is 4.42 Å². The van der Waals surface area contributed by atoms with E-state index in [4.69, 9.17) is 16.5 Å². The molecule has 3 heteroatoms. The summed E-state index contributed by atoms with van der Waals surface area (Å²) in [6, 6.07) is 0. The Morgan fingerprint density at radius 2 is 2.57 bits per heavy atom. The van der Waals surface area contributed by atoms with Gasteiger partial charge >= 0.3 is 0 Å². The zero-order valence-corrected chi connectivity index (χ0v) is 4.69. The van der Waals surface area contributed by atoms with Gasteiger partial charge in [0.25, 0.3) is 0 Å². The van der Waals surface area contributed by atoms with Crippen LogP contribution >= 0.6 is 11.8 Å². The lowest BCUT2D eigenvalue weighted by Gasteiger charge is -2.17. The fourth-order valence-electron chi connectivity index (χ4n) is 0.460. The monoisotopic (exact) mass is 120 g/mol. The van der Waals surface area contributed by atoms with Gasteiger partial charge in [-0.2, -0.15) is 0 Å². The van der Waals surface area contributed by atoms with Gasteiger partial charge in [0.05, 0.1) is 19.8 Å². The highest BCUT2D eigenvalue weighted by molar-refractivity contribution is 6.13. The van der Waals surface area contributed by atoms with Crippen LogP contribution < -0.4 is 0 Å². The first kappa shape index (κ1) is 5.35. The molecule has 1 aliphatic rings. The summed E-state index contributed by atoms with van der Waals surface area (Å²) in [6.45, 7) is 4.02. The van der Waals surface area contributed by atoms with E-state index in [0.717, 1.165) is 13.2 Å². The van der Waals surface area contributed by atoms with Crippen molar-refractivity contribution in [2.75, 3.05) is 19.8 Å². The summed E-state index contributed by atoms with van der Waals surface area (Å²) >= 11 is 5.51. The van der Waals surface area contributed by atoms with E-state index in [1.807, 2.05) is 6.54 Å². The second kappa shape index (κ2) is 2.50. The first-order valence-corrected chi connectivity index (χ1v) is 2.57. The summed E-state index contributed by atoms with van der Waals surface area (Å²) in [5.74, 6) is 0. The zero-order valence-electron chi connectivity index (χ0n) is 3.93. The number of morpholine rings is 1. The molecular formula is C4H7ClNO. The van der Waals surface area contributed by atoms with Gasteiger partial charge in [0, 0.05) is 6.54 Å². The molecule has 7 heavy (non-hydrogen) atoms. The zero-order chi connectivity index (χ0) is 5.11. The van der Waals surface area contributed by atoms with E-state index in [1.165, 1.54) is 0 Å². The largest absolute Gasteiger partial charge is 0.378 e. The molecule has 1 radical (unpaired) electrons. The predicted octanol–water partition coefficient (Wildman–Crippen LogP) is 0.634. The number of hydrogen-bond donors (Lipinski definition) is 0. The van der Waals surface area contributed by atoms with Crippen molar-refractivity contribution in [2.45, 2.75) is 0 Å². The third-order valence-electron chi connectivity index (χ3n) is 0.840. The summed E-state index contributed by atoms with van der Waals surface area (Å²) in [5.41, 5.74) is 0. The minimum absolute atomic E-state index is 0.656. The smallest absolute Gasteiger partial charge is 0.0677 e. The minimum atomic E-state index is 0.656. The van der Waals surface area contributed by atoms with Crippen molar-refractivity contribution in [3.05, 3.63) is 6.54 Å². The van der Waals surface area contributed by atoms with Crippen molar-refractivity contribution in [1.29, 1.82) is 0 Å². The van der Waals surface area contributed by atoms with Crippen LogP contribution in [0.2, 0.25) is 0 Å². The Morgan fingerprint density at radius 3 is 2.86 bits per heavy atom. The van der Waals surface area contributed by atoms with Crippen molar-refractivity contribution in [2.24, 2.45) is 0 Å². The van der Waals surface area contributed by atoms with Gasteiger partial charge in [0.1, 0.15) is 0 Å². The Hall–Kier alpha value is 0.210. The maximum absolute atomic E-state index is 5.51. The van der Waals surface area contributed by atoms with Gasteiger partial charge in [0.2, 0.25) is 0 Å². The molecule has 41 valence electrons. The minimum Gasteiger partial charge on any atom is -0.378 e. The first-order chi connectivity index (χ1) is 3.39. The molecule has 0 saturated carbocycles. The van der Waals surface area contributed by atoms with Crippen LogP contribution in [-0.4, -0.2) is 24.2 Å². The summed E-state index contributed by atoms with van der Waals surface area (Å²) in [6.07, 6.45) is 0. The molecule has 0 atom stereocenters. The van der Waals surface area contributed by atoms with Gasteiger partial charge in [-0.3, -0.25) is 0 Å². The van der Waals surface area contributed by atoms with E-state index in [1.54, 1.807) is 4.42 Å². The fourth-order valence-corrected chi connectivity index (χ4v) is 0.585. The molecule has 0 aromatic carbocycles. The molecule has 0 unspecified atom stereocenters. The Bertz CT molecular complexity index is 53.7. The normalized spacial score (nSPS) is 25.3. The Kier molecular flexibility index (Phi) is 1.91. The second-order valence-corrected chi connectivity index (χ2v) is 1.82. The van der Waals surface area contributed by atoms with Gasteiger partial charge in [-0.1, -0.05) is 0 Å². The summed E-state index contributed by atoms with van der Waals surface area (Å²) in [7, 11) is 0. The quantitative estimate of drug-likeness (QED) is 0.435. The molecule has 1 fully saturated rings. The molecule has 1 saturated heterocycles. The van der Waals surface area contributed by atoms with Crippen molar-refractivity contribution < 1.29 is 4.74 Å². The summed E-state index contributed by atoms with van der Waals surface area (Å²) < 4.78 is 6.57. The van der Waals surface area contributed by atoms with Crippen LogP contribution in [0.4, 0.5) is 0 Å².